The second-order valence-corrected chi connectivity index (χ2v) is 2.77. The molecule has 17 heavy (non-hydrogen) atoms. The van der Waals surface area contributed by atoms with E-state index < -0.39 is 5.97 Å². The van der Waals surface area contributed by atoms with Gasteiger partial charge < -0.3 is 14.7 Å². The van der Waals surface area contributed by atoms with Crippen LogP contribution >= 0.6 is 0 Å². The van der Waals surface area contributed by atoms with Crippen LogP contribution in [0.1, 0.15) is 11.4 Å². The summed E-state index contributed by atoms with van der Waals surface area (Å²) in [4.78, 5) is 23.4. The number of carbonyl (C=O) groups excluding carboxylic acids is 1. The molecule has 0 fully saturated rings. The molecule has 7 nitrogen and oxygen atoms in total. The van der Waals surface area contributed by atoms with Crippen LogP contribution in [0, 0.1) is 6.92 Å². The van der Waals surface area contributed by atoms with Crippen LogP contribution in [0.2, 0.25) is 0 Å². The first-order valence-electron chi connectivity index (χ1n) is 4.32. The minimum atomic E-state index is -0.746. The number of aromatic nitrogens is 2. The van der Waals surface area contributed by atoms with Crippen molar-refractivity contribution in [3.8, 4) is 5.88 Å². The van der Waals surface area contributed by atoms with Crippen LogP contribution < -0.4 is 0 Å². The fraction of sp³-hybridized carbons (Fsp3) is 0.333. The zero-order valence-electron chi connectivity index (χ0n) is 9.67. The maximum absolute atomic E-state index is 11.3. The molecule has 8 heteroatoms. The smallest absolute Gasteiger partial charge is 0.361 e. The molecular weight excluding hydrogens is 303 g/mol. The molecule has 0 aromatic carbocycles. The van der Waals surface area contributed by atoms with E-state index in [0.717, 1.165) is 0 Å². The van der Waals surface area contributed by atoms with Gasteiger partial charge in [-0.25, -0.2) is 9.78 Å². The molecule has 0 aliphatic carbocycles. The second-order valence-electron chi connectivity index (χ2n) is 2.77. The van der Waals surface area contributed by atoms with Crippen LogP contribution in [0.15, 0.2) is 11.4 Å². The van der Waals surface area contributed by atoms with Gasteiger partial charge in [-0.05, 0) is 6.92 Å². The van der Waals surface area contributed by atoms with Crippen molar-refractivity contribution in [1.29, 1.82) is 0 Å². The van der Waals surface area contributed by atoms with Gasteiger partial charge >= 0.3 is 5.97 Å². The van der Waals surface area contributed by atoms with Crippen molar-refractivity contribution in [3.05, 3.63) is 17.6 Å². The van der Waals surface area contributed by atoms with Gasteiger partial charge in [0.15, 0.2) is 0 Å². The summed E-state index contributed by atoms with van der Waals surface area (Å²) in [5, 5.41) is 13.0. The van der Waals surface area contributed by atoms with Gasteiger partial charge in [0.05, 0.1) is 12.7 Å². The Morgan fingerprint density at radius 3 is 2.59 bits per heavy atom. The van der Waals surface area contributed by atoms with Crippen LogP contribution in [0.25, 0.3) is 0 Å². The summed E-state index contributed by atoms with van der Waals surface area (Å²) in [5.41, 5.74) is -0.137. The Morgan fingerprint density at radius 1 is 1.47 bits per heavy atom. The molecule has 1 N–H and O–H groups in total. The number of oxime groups is 1. The first kappa shape index (κ1) is 15.9. The maximum atomic E-state index is 11.3. The Labute approximate surface area is 123 Å². The molecule has 0 bridgehead atoms. The third kappa shape index (κ3) is 4.01. The Morgan fingerprint density at radius 2 is 2.12 bits per heavy atom. The number of aromatic hydroxyl groups is 1. The van der Waals surface area contributed by atoms with Gasteiger partial charge in [0.2, 0.25) is 11.6 Å². The van der Waals surface area contributed by atoms with Gasteiger partial charge in [-0.1, -0.05) is 5.16 Å². The van der Waals surface area contributed by atoms with Crippen molar-refractivity contribution in [2.45, 2.75) is 6.92 Å². The summed E-state index contributed by atoms with van der Waals surface area (Å²) in [6.45, 7) is 1.61. The van der Waals surface area contributed by atoms with E-state index in [2.05, 4.69) is 24.7 Å². The fourth-order valence-corrected chi connectivity index (χ4v) is 1.01. The standard InChI is InChI=1S/C9H11N3O4.Y/c1-5-10-4-6(8(13)11-5)7(12-16-3)9(14)15-2;/h4H,1-3H3,(H,10,11,13);/b12-7+;. The molecule has 0 aliphatic heterocycles. The average Bonchev–Trinajstić information content (AvgIpc) is 2.26. The average molecular weight is 314 g/mol. The molecule has 0 aliphatic rings. The third-order valence-corrected chi connectivity index (χ3v) is 1.71. The quantitative estimate of drug-likeness (QED) is 0.480. The number of rotatable bonds is 3. The molecule has 0 saturated heterocycles. The molecule has 89 valence electrons. The molecule has 1 aromatic rings. The van der Waals surface area contributed by atoms with E-state index in [9.17, 15) is 9.90 Å². The van der Waals surface area contributed by atoms with E-state index in [4.69, 9.17) is 0 Å². The van der Waals surface area contributed by atoms with Gasteiger partial charge in [0.25, 0.3) is 0 Å². The van der Waals surface area contributed by atoms with Gasteiger partial charge in [-0.2, -0.15) is 4.98 Å². The van der Waals surface area contributed by atoms with Gasteiger partial charge in [-0.3, -0.25) is 0 Å². The molecule has 1 radical (unpaired) electrons. The fourth-order valence-electron chi connectivity index (χ4n) is 1.01. The Hall–Kier alpha value is -1.08. The van der Waals surface area contributed by atoms with Gasteiger partial charge in [-0.15, -0.1) is 0 Å². The van der Waals surface area contributed by atoms with E-state index in [-0.39, 0.29) is 49.9 Å². The normalized spacial score (nSPS) is 10.4. The Balaban J connectivity index is 0.00000256. The SMILES string of the molecule is CO/N=C(/C(=O)OC)c1cnc(C)nc1O.[Y]. The number of nitrogens with zero attached hydrogens (tertiary/aromatic N) is 3. The van der Waals surface area contributed by atoms with Crippen molar-refractivity contribution >= 4 is 11.7 Å². The summed E-state index contributed by atoms with van der Waals surface area (Å²) < 4.78 is 4.49. The van der Waals surface area contributed by atoms with E-state index in [0.29, 0.717) is 5.82 Å². The van der Waals surface area contributed by atoms with Crippen molar-refractivity contribution in [1.82, 2.24) is 9.97 Å². The Bertz CT molecular complexity index is 436. The monoisotopic (exact) mass is 314 g/mol. The number of aryl methyl sites for hydroxylation is 1. The zero-order chi connectivity index (χ0) is 12.1. The van der Waals surface area contributed by atoms with E-state index in [1.54, 1.807) is 6.92 Å². The molecule has 1 aromatic heterocycles. The van der Waals surface area contributed by atoms with Crippen molar-refractivity contribution in [3.63, 3.8) is 0 Å². The summed E-state index contributed by atoms with van der Waals surface area (Å²) >= 11 is 0. The topological polar surface area (TPSA) is 93.9 Å². The van der Waals surface area contributed by atoms with Crippen LogP contribution in [0.3, 0.4) is 0 Å². The number of hydrogen-bond acceptors (Lipinski definition) is 7. The van der Waals surface area contributed by atoms with E-state index in [1.807, 2.05) is 0 Å². The summed E-state index contributed by atoms with van der Waals surface area (Å²) in [5.74, 6) is -0.721. The van der Waals surface area contributed by atoms with Gasteiger partial charge in [0.1, 0.15) is 12.9 Å². The first-order chi connectivity index (χ1) is 7.60. The van der Waals surface area contributed by atoms with E-state index in [1.165, 1.54) is 20.4 Å². The van der Waals surface area contributed by atoms with Crippen molar-refractivity contribution in [2.75, 3.05) is 14.2 Å². The maximum Gasteiger partial charge on any atom is 0.361 e. The Kier molecular flexibility index (Phi) is 6.83. The molecule has 0 spiro atoms. The second kappa shape index (κ2) is 7.29. The van der Waals surface area contributed by atoms with Crippen molar-refractivity contribution < 1.29 is 52.2 Å². The predicted octanol–water partition coefficient (Wildman–Crippen LogP) is 0.0116. The first-order valence-corrected chi connectivity index (χ1v) is 4.32. The summed E-state index contributed by atoms with van der Waals surface area (Å²) in [6.07, 6.45) is 1.27. The molecule has 1 rings (SSSR count). The van der Waals surface area contributed by atoms with Crippen LogP contribution in [-0.4, -0.2) is 41.0 Å². The van der Waals surface area contributed by atoms with E-state index >= 15 is 0 Å². The molecule has 1 heterocycles. The number of methoxy groups -OCH3 is 1. The zero-order valence-corrected chi connectivity index (χ0v) is 12.5. The number of carbonyl (C=O) groups is 1. The van der Waals surface area contributed by atoms with Crippen LogP contribution in [0.4, 0.5) is 0 Å². The number of ether oxygens (including phenoxy) is 1. The summed E-state index contributed by atoms with van der Waals surface area (Å²) in [7, 11) is 2.47. The minimum absolute atomic E-state index is 0. The van der Waals surface area contributed by atoms with Crippen LogP contribution in [-0.2, 0) is 47.1 Å². The molecule has 0 saturated carbocycles. The minimum Gasteiger partial charge on any atom is -0.493 e. The molecular formula is C9H11N3O4Y. The summed E-state index contributed by atoms with van der Waals surface area (Å²) in [6, 6.07) is 0. The number of hydrogen-bond donors (Lipinski definition) is 1. The predicted molar refractivity (Wildman–Crippen MR) is 54.0 cm³/mol. The van der Waals surface area contributed by atoms with Crippen LogP contribution in [0.5, 0.6) is 5.88 Å². The largest absolute Gasteiger partial charge is 0.493 e. The molecule has 0 unspecified atom stereocenters. The van der Waals surface area contributed by atoms with Crippen molar-refractivity contribution in [2.24, 2.45) is 5.16 Å². The third-order valence-electron chi connectivity index (χ3n) is 1.71. The van der Waals surface area contributed by atoms with Gasteiger partial charge in [0, 0.05) is 38.9 Å². The molecule has 0 amide bonds. The number of esters is 1. The molecule has 0 atom stereocenters.